The van der Waals surface area contributed by atoms with Crippen LogP contribution in [-0.2, 0) is 0 Å². The molecule has 3 aromatic rings. The lowest BCUT2D eigenvalue weighted by Gasteiger charge is -2.22. The highest BCUT2D eigenvalue weighted by Gasteiger charge is 2.13. The topological polar surface area (TPSA) is 52.8 Å². The quantitative estimate of drug-likeness (QED) is 0.727. The molecule has 0 aliphatic heterocycles. The zero-order chi connectivity index (χ0) is 14.5. The first kappa shape index (κ1) is 12.8. The Balaban J connectivity index is 2.10. The van der Waals surface area contributed by atoms with Crippen LogP contribution in [-0.4, -0.2) is 9.97 Å². The lowest BCUT2D eigenvalue weighted by Crippen LogP contribution is -2.12. The number of benzene rings is 1. The van der Waals surface area contributed by atoms with Gasteiger partial charge in [-0.3, -0.25) is 4.90 Å². The summed E-state index contributed by atoms with van der Waals surface area (Å²) in [4.78, 5) is 10.7. The van der Waals surface area contributed by atoms with Crippen LogP contribution in [0, 0.1) is 11.3 Å². The van der Waals surface area contributed by atoms with E-state index in [4.69, 9.17) is 5.26 Å². The summed E-state index contributed by atoms with van der Waals surface area (Å²) in [5.41, 5.74) is 1.53. The molecule has 2 aromatic heterocycles. The molecule has 3 rings (SSSR count). The summed E-state index contributed by atoms with van der Waals surface area (Å²) in [6, 6.07) is 20.9. The summed E-state index contributed by atoms with van der Waals surface area (Å²) in [6.45, 7) is 0. The molecule has 4 heteroatoms. The Labute approximate surface area is 123 Å². The van der Waals surface area contributed by atoms with Crippen molar-refractivity contribution < 1.29 is 0 Å². The number of nitrogens with zero attached hydrogens (tertiary/aromatic N) is 4. The van der Waals surface area contributed by atoms with Crippen LogP contribution in [0.5, 0.6) is 0 Å². The fourth-order valence-electron chi connectivity index (χ4n) is 2.04. The van der Waals surface area contributed by atoms with E-state index in [0.717, 1.165) is 17.3 Å². The van der Waals surface area contributed by atoms with E-state index >= 15 is 0 Å². The Bertz CT molecular complexity index is 707. The fraction of sp³-hybridized carbons (Fsp3) is 0. The average molecular weight is 272 g/mol. The summed E-state index contributed by atoms with van der Waals surface area (Å²) in [6.07, 6.45) is 3.49. The minimum atomic E-state index is 0.626. The van der Waals surface area contributed by atoms with Gasteiger partial charge in [0.05, 0.1) is 11.6 Å². The van der Waals surface area contributed by atoms with Crippen molar-refractivity contribution in [3.8, 4) is 6.07 Å². The summed E-state index contributed by atoms with van der Waals surface area (Å²) >= 11 is 0. The molecular weight excluding hydrogens is 260 g/mol. The highest BCUT2D eigenvalue weighted by molar-refractivity contribution is 5.72. The summed E-state index contributed by atoms with van der Waals surface area (Å²) < 4.78 is 0. The highest BCUT2D eigenvalue weighted by Crippen LogP contribution is 2.31. The number of pyridine rings is 2. The van der Waals surface area contributed by atoms with Crippen molar-refractivity contribution in [1.82, 2.24) is 9.97 Å². The fourth-order valence-corrected chi connectivity index (χ4v) is 2.04. The second-order valence-corrected chi connectivity index (χ2v) is 4.37. The summed E-state index contributed by atoms with van der Waals surface area (Å²) in [5, 5.41) is 8.91. The molecule has 0 saturated heterocycles. The lowest BCUT2D eigenvalue weighted by atomic mass is 10.2. The second kappa shape index (κ2) is 5.85. The third kappa shape index (κ3) is 2.72. The number of anilines is 3. The maximum Gasteiger partial charge on any atom is 0.138 e. The maximum absolute atomic E-state index is 8.91. The van der Waals surface area contributed by atoms with Gasteiger partial charge in [-0.1, -0.05) is 12.1 Å². The summed E-state index contributed by atoms with van der Waals surface area (Å²) in [7, 11) is 0. The molecule has 0 aliphatic rings. The van der Waals surface area contributed by atoms with E-state index in [0.29, 0.717) is 5.56 Å². The van der Waals surface area contributed by atoms with E-state index in [1.807, 2.05) is 53.4 Å². The van der Waals surface area contributed by atoms with Gasteiger partial charge in [-0.2, -0.15) is 5.26 Å². The van der Waals surface area contributed by atoms with E-state index in [1.165, 1.54) is 0 Å². The van der Waals surface area contributed by atoms with Gasteiger partial charge >= 0.3 is 0 Å². The van der Waals surface area contributed by atoms with Gasteiger partial charge in [0.15, 0.2) is 0 Å². The Morgan fingerprint density at radius 2 is 1.33 bits per heavy atom. The standard InChI is InChI=1S/C17H12N4/c18-13-14-7-9-15(10-8-14)21(16-5-1-3-11-19-16)17-6-2-4-12-20-17/h1-12H. The van der Waals surface area contributed by atoms with Crippen molar-refractivity contribution in [3.05, 3.63) is 78.6 Å². The molecule has 0 unspecified atom stereocenters. The molecule has 0 radical (unpaired) electrons. The maximum atomic E-state index is 8.91. The number of rotatable bonds is 3. The highest BCUT2D eigenvalue weighted by atomic mass is 15.2. The van der Waals surface area contributed by atoms with Gasteiger partial charge in [0.25, 0.3) is 0 Å². The Kier molecular flexibility index (Phi) is 3.57. The molecule has 100 valence electrons. The number of nitriles is 1. The van der Waals surface area contributed by atoms with Gasteiger partial charge in [0.1, 0.15) is 11.6 Å². The number of aromatic nitrogens is 2. The van der Waals surface area contributed by atoms with Gasteiger partial charge in [0, 0.05) is 18.1 Å². The van der Waals surface area contributed by atoms with Crippen molar-refractivity contribution >= 4 is 17.3 Å². The molecule has 0 bridgehead atoms. The molecular formula is C17H12N4. The van der Waals surface area contributed by atoms with Crippen LogP contribution in [0.4, 0.5) is 17.3 Å². The van der Waals surface area contributed by atoms with Gasteiger partial charge in [-0.15, -0.1) is 0 Å². The van der Waals surface area contributed by atoms with E-state index in [9.17, 15) is 0 Å². The number of hydrogen-bond donors (Lipinski definition) is 0. The van der Waals surface area contributed by atoms with Crippen molar-refractivity contribution in [1.29, 1.82) is 5.26 Å². The van der Waals surface area contributed by atoms with Crippen LogP contribution >= 0.6 is 0 Å². The Morgan fingerprint density at radius 1 is 0.762 bits per heavy atom. The molecule has 0 saturated carbocycles. The smallest absolute Gasteiger partial charge is 0.138 e. The third-order valence-electron chi connectivity index (χ3n) is 3.01. The monoisotopic (exact) mass is 272 g/mol. The molecule has 1 aromatic carbocycles. The number of hydrogen-bond acceptors (Lipinski definition) is 4. The average Bonchev–Trinajstić information content (AvgIpc) is 2.58. The molecule has 2 heterocycles. The van der Waals surface area contributed by atoms with Crippen LogP contribution in [0.1, 0.15) is 5.56 Å². The van der Waals surface area contributed by atoms with E-state index in [-0.39, 0.29) is 0 Å². The zero-order valence-electron chi connectivity index (χ0n) is 11.2. The van der Waals surface area contributed by atoms with Gasteiger partial charge in [-0.05, 0) is 48.5 Å². The molecule has 21 heavy (non-hydrogen) atoms. The van der Waals surface area contributed by atoms with Crippen LogP contribution in [0.25, 0.3) is 0 Å². The van der Waals surface area contributed by atoms with Crippen LogP contribution in [0.15, 0.2) is 73.1 Å². The SMILES string of the molecule is N#Cc1ccc(N(c2ccccn2)c2ccccn2)cc1. The first-order valence-corrected chi connectivity index (χ1v) is 6.51. The first-order chi connectivity index (χ1) is 10.4. The zero-order valence-corrected chi connectivity index (χ0v) is 11.2. The predicted molar refractivity (Wildman–Crippen MR) is 81.4 cm³/mol. The minimum Gasteiger partial charge on any atom is -0.279 e. The Morgan fingerprint density at radius 3 is 1.76 bits per heavy atom. The van der Waals surface area contributed by atoms with Gasteiger partial charge < -0.3 is 0 Å². The lowest BCUT2D eigenvalue weighted by molar-refractivity contribution is 1.12. The minimum absolute atomic E-state index is 0.626. The van der Waals surface area contributed by atoms with Crippen molar-refractivity contribution in [2.45, 2.75) is 0 Å². The molecule has 0 fully saturated rings. The van der Waals surface area contributed by atoms with Crippen LogP contribution in [0.2, 0.25) is 0 Å². The molecule has 0 aliphatic carbocycles. The molecule has 0 N–H and O–H groups in total. The van der Waals surface area contributed by atoms with Crippen LogP contribution in [0.3, 0.4) is 0 Å². The largest absolute Gasteiger partial charge is 0.279 e. The first-order valence-electron chi connectivity index (χ1n) is 6.51. The normalized spacial score (nSPS) is 9.86. The van der Waals surface area contributed by atoms with Crippen molar-refractivity contribution in [3.63, 3.8) is 0 Å². The molecule has 4 nitrogen and oxygen atoms in total. The van der Waals surface area contributed by atoms with Gasteiger partial charge in [-0.25, -0.2) is 9.97 Å². The van der Waals surface area contributed by atoms with Crippen molar-refractivity contribution in [2.24, 2.45) is 0 Å². The van der Waals surface area contributed by atoms with Gasteiger partial charge in [0.2, 0.25) is 0 Å². The summed E-state index contributed by atoms with van der Waals surface area (Å²) in [5.74, 6) is 1.56. The second-order valence-electron chi connectivity index (χ2n) is 4.37. The van der Waals surface area contributed by atoms with E-state index in [1.54, 1.807) is 24.5 Å². The molecule has 0 atom stereocenters. The van der Waals surface area contributed by atoms with E-state index < -0.39 is 0 Å². The molecule has 0 amide bonds. The van der Waals surface area contributed by atoms with Crippen molar-refractivity contribution in [2.75, 3.05) is 4.90 Å². The molecule has 0 spiro atoms. The Hall–Kier alpha value is -3.19. The van der Waals surface area contributed by atoms with Crippen LogP contribution < -0.4 is 4.90 Å². The van der Waals surface area contributed by atoms with E-state index in [2.05, 4.69) is 16.0 Å². The predicted octanol–water partition coefficient (Wildman–Crippen LogP) is 3.82. The third-order valence-corrected chi connectivity index (χ3v) is 3.01.